The van der Waals surface area contributed by atoms with E-state index in [-0.39, 0.29) is 12.3 Å². The van der Waals surface area contributed by atoms with Gasteiger partial charge in [0, 0.05) is 18.5 Å². The number of amides is 1. The minimum Gasteiger partial charge on any atom is -0.497 e. The molecule has 1 aromatic rings. The van der Waals surface area contributed by atoms with Gasteiger partial charge in [0.15, 0.2) is 0 Å². The summed E-state index contributed by atoms with van der Waals surface area (Å²) in [6.45, 7) is 2.19. The highest BCUT2D eigenvalue weighted by molar-refractivity contribution is 5.95. The summed E-state index contributed by atoms with van der Waals surface area (Å²) < 4.78 is 5.06. The van der Waals surface area contributed by atoms with Crippen LogP contribution in [0.3, 0.4) is 0 Å². The third kappa shape index (κ3) is 4.08. The van der Waals surface area contributed by atoms with E-state index in [1.54, 1.807) is 25.3 Å². The molecule has 0 heterocycles. The van der Waals surface area contributed by atoms with Crippen molar-refractivity contribution in [2.24, 2.45) is 0 Å². The molecule has 0 unspecified atom stereocenters. The molecule has 2 N–H and O–H groups in total. The molecule has 1 aromatic carbocycles. The van der Waals surface area contributed by atoms with Crippen molar-refractivity contribution in [3.05, 3.63) is 29.3 Å². The number of methoxy groups -OCH3 is 1. The van der Waals surface area contributed by atoms with E-state index in [2.05, 4.69) is 5.32 Å². The number of carbonyl (C=O) groups is 2. The van der Waals surface area contributed by atoms with Gasteiger partial charge in [-0.3, -0.25) is 9.59 Å². The Morgan fingerprint density at radius 3 is 2.67 bits per heavy atom. The predicted molar refractivity (Wildman–Crippen MR) is 66.9 cm³/mol. The zero-order chi connectivity index (χ0) is 13.5. The highest BCUT2D eigenvalue weighted by Gasteiger charge is 2.09. The van der Waals surface area contributed by atoms with Gasteiger partial charge in [0.05, 0.1) is 7.11 Å². The Labute approximate surface area is 106 Å². The Kier molecular flexibility index (Phi) is 5.17. The van der Waals surface area contributed by atoms with Crippen molar-refractivity contribution < 1.29 is 19.4 Å². The van der Waals surface area contributed by atoms with E-state index in [4.69, 9.17) is 9.84 Å². The number of carboxylic acid groups (broad SMARTS) is 1. The lowest BCUT2D eigenvalue weighted by atomic mass is 10.1. The van der Waals surface area contributed by atoms with Gasteiger partial charge in [0.1, 0.15) is 5.75 Å². The molecule has 5 nitrogen and oxygen atoms in total. The number of nitrogens with one attached hydrogen (secondary N) is 1. The van der Waals surface area contributed by atoms with Crippen molar-refractivity contribution in [1.82, 2.24) is 5.32 Å². The van der Waals surface area contributed by atoms with Crippen LogP contribution in [0.25, 0.3) is 0 Å². The predicted octanol–water partition coefficient (Wildman–Crippen LogP) is 1.60. The number of hydrogen-bond donors (Lipinski definition) is 2. The Balaban J connectivity index is 2.54. The van der Waals surface area contributed by atoms with Crippen LogP contribution in [0.15, 0.2) is 18.2 Å². The second-order valence-electron chi connectivity index (χ2n) is 3.93. The third-order valence-electron chi connectivity index (χ3n) is 2.53. The summed E-state index contributed by atoms with van der Waals surface area (Å²) >= 11 is 0. The SMILES string of the molecule is COc1ccc(C(=O)NCCCC(=O)O)c(C)c1. The Bertz CT molecular complexity index is 443. The van der Waals surface area contributed by atoms with Crippen LogP contribution < -0.4 is 10.1 Å². The van der Waals surface area contributed by atoms with Crippen molar-refractivity contribution >= 4 is 11.9 Å². The summed E-state index contributed by atoms with van der Waals surface area (Å²) in [6, 6.07) is 5.20. The lowest BCUT2D eigenvalue weighted by molar-refractivity contribution is -0.137. The topological polar surface area (TPSA) is 75.6 Å². The monoisotopic (exact) mass is 251 g/mol. The molecule has 0 radical (unpaired) electrons. The lowest BCUT2D eigenvalue weighted by Crippen LogP contribution is -2.25. The molecule has 18 heavy (non-hydrogen) atoms. The first-order valence-corrected chi connectivity index (χ1v) is 5.69. The van der Waals surface area contributed by atoms with Crippen LogP contribution in [0.2, 0.25) is 0 Å². The van der Waals surface area contributed by atoms with E-state index in [1.807, 2.05) is 6.92 Å². The minimum absolute atomic E-state index is 0.0574. The van der Waals surface area contributed by atoms with Crippen LogP contribution in [-0.2, 0) is 4.79 Å². The summed E-state index contributed by atoms with van der Waals surface area (Å²) in [7, 11) is 1.57. The van der Waals surface area contributed by atoms with Crippen LogP contribution in [0.5, 0.6) is 5.75 Å². The summed E-state index contributed by atoms with van der Waals surface area (Å²) in [4.78, 5) is 22.1. The lowest BCUT2D eigenvalue weighted by Gasteiger charge is -2.08. The minimum atomic E-state index is -0.857. The van der Waals surface area contributed by atoms with Gasteiger partial charge < -0.3 is 15.2 Å². The van der Waals surface area contributed by atoms with Gasteiger partial charge in [0.2, 0.25) is 0 Å². The number of hydrogen-bond acceptors (Lipinski definition) is 3. The van der Waals surface area contributed by atoms with Crippen molar-refractivity contribution in [2.45, 2.75) is 19.8 Å². The summed E-state index contributed by atoms with van der Waals surface area (Å²) in [6.07, 6.45) is 0.484. The van der Waals surface area contributed by atoms with Crippen molar-refractivity contribution in [3.8, 4) is 5.75 Å². The molecule has 0 aliphatic rings. The van der Waals surface area contributed by atoms with Gasteiger partial charge in [-0.1, -0.05) is 0 Å². The normalized spacial score (nSPS) is 9.89. The van der Waals surface area contributed by atoms with Crippen LogP contribution in [0, 0.1) is 6.92 Å². The number of benzene rings is 1. The van der Waals surface area contributed by atoms with Crippen LogP contribution in [-0.4, -0.2) is 30.6 Å². The Hall–Kier alpha value is -2.04. The molecule has 0 spiro atoms. The van der Waals surface area contributed by atoms with Gasteiger partial charge in [0.25, 0.3) is 5.91 Å². The Morgan fingerprint density at radius 1 is 1.39 bits per heavy atom. The van der Waals surface area contributed by atoms with E-state index in [9.17, 15) is 9.59 Å². The largest absolute Gasteiger partial charge is 0.497 e. The smallest absolute Gasteiger partial charge is 0.303 e. The molecule has 0 saturated carbocycles. The highest BCUT2D eigenvalue weighted by Crippen LogP contribution is 2.16. The fourth-order valence-corrected chi connectivity index (χ4v) is 1.55. The first kappa shape index (κ1) is 14.0. The number of aliphatic carboxylic acids is 1. The summed E-state index contributed by atoms with van der Waals surface area (Å²) in [5.74, 6) is -0.347. The van der Waals surface area contributed by atoms with E-state index in [1.165, 1.54) is 0 Å². The third-order valence-corrected chi connectivity index (χ3v) is 2.53. The molecule has 1 rings (SSSR count). The van der Waals surface area contributed by atoms with Crippen molar-refractivity contribution in [3.63, 3.8) is 0 Å². The van der Waals surface area contributed by atoms with Crippen LogP contribution >= 0.6 is 0 Å². The van der Waals surface area contributed by atoms with Gasteiger partial charge in [-0.05, 0) is 37.1 Å². The van der Waals surface area contributed by atoms with Gasteiger partial charge in [-0.2, -0.15) is 0 Å². The molecular formula is C13H17NO4. The van der Waals surface area contributed by atoms with Crippen molar-refractivity contribution in [2.75, 3.05) is 13.7 Å². The van der Waals surface area contributed by atoms with E-state index in [0.29, 0.717) is 24.3 Å². The van der Waals surface area contributed by atoms with Gasteiger partial charge >= 0.3 is 5.97 Å². The zero-order valence-electron chi connectivity index (χ0n) is 10.5. The zero-order valence-corrected chi connectivity index (χ0v) is 10.5. The van der Waals surface area contributed by atoms with E-state index in [0.717, 1.165) is 5.56 Å². The molecule has 1 amide bonds. The Morgan fingerprint density at radius 2 is 2.11 bits per heavy atom. The number of rotatable bonds is 6. The van der Waals surface area contributed by atoms with Crippen LogP contribution in [0.1, 0.15) is 28.8 Å². The molecule has 5 heteroatoms. The van der Waals surface area contributed by atoms with Gasteiger partial charge in [-0.15, -0.1) is 0 Å². The quantitative estimate of drug-likeness (QED) is 0.753. The molecule has 0 aliphatic heterocycles. The second-order valence-corrected chi connectivity index (χ2v) is 3.93. The molecular weight excluding hydrogens is 234 g/mol. The van der Waals surface area contributed by atoms with Crippen LogP contribution in [0.4, 0.5) is 0 Å². The number of ether oxygens (including phenoxy) is 1. The molecule has 0 aromatic heterocycles. The average Bonchev–Trinajstić information content (AvgIpc) is 2.33. The number of carbonyl (C=O) groups excluding carboxylic acids is 1. The van der Waals surface area contributed by atoms with Crippen molar-refractivity contribution in [1.29, 1.82) is 0 Å². The average molecular weight is 251 g/mol. The molecule has 0 bridgehead atoms. The van der Waals surface area contributed by atoms with E-state index >= 15 is 0 Å². The number of carboxylic acids is 1. The second kappa shape index (κ2) is 6.64. The molecule has 0 aliphatic carbocycles. The molecule has 0 atom stereocenters. The van der Waals surface area contributed by atoms with Gasteiger partial charge in [-0.25, -0.2) is 0 Å². The highest BCUT2D eigenvalue weighted by atomic mass is 16.5. The summed E-state index contributed by atoms with van der Waals surface area (Å²) in [5, 5.41) is 11.2. The molecule has 0 fully saturated rings. The fraction of sp³-hybridized carbons (Fsp3) is 0.385. The first-order valence-electron chi connectivity index (χ1n) is 5.69. The first-order chi connectivity index (χ1) is 8.54. The maximum atomic E-state index is 11.8. The fourth-order valence-electron chi connectivity index (χ4n) is 1.55. The standard InChI is InChI=1S/C13H17NO4/c1-9-8-10(18-2)5-6-11(9)13(17)14-7-3-4-12(15)16/h5-6,8H,3-4,7H2,1-2H3,(H,14,17)(H,15,16). The summed E-state index contributed by atoms with van der Waals surface area (Å²) in [5.41, 5.74) is 1.40. The molecule has 98 valence electrons. The number of aryl methyl sites for hydroxylation is 1. The maximum Gasteiger partial charge on any atom is 0.303 e. The maximum absolute atomic E-state index is 11.8. The molecule has 0 saturated heterocycles. The van der Waals surface area contributed by atoms with E-state index < -0.39 is 5.97 Å².